The van der Waals surface area contributed by atoms with Gasteiger partial charge < -0.3 is 15.8 Å². The van der Waals surface area contributed by atoms with E-state index in [0.717, 1.165) is 11.5 Å². The van der Waals surface area contributed by atoms with Crippen molar-refractivity contribution >= 4 is 40.0 Å². The molecule has 0 spiro atoms. The fourth-order valence-corrected chi connectivity index (χ4v) is 2.75. The van der Waals surface area contributed by atoms with Gasteiger partial charge in [0.1, 0.15) is 5.60 Å². The third-order valence-electron chi connectivity index (χ3n) is 4.03. The van der Waals surface area contributed by atoms with Crippen molar-refractivity contribution in [3.63, 3.8) is 0 Å². The van der Waals surface area contributed by atoms with Crippen LogP contribution < -0.4 is 11.1 Å². The van der Waals surface area contributed by atoms with E-state index in [2.05, 4.69) is 5.32 Å². The Morgan fingerprint density at radius 3 is 2.48 bits per heavy atom. The van der Waals surface area contributed by atoms with Crippen molar-refractivity contribution in [3.8, 4) is 0 Å². The summed E-state index contributed by atoms with van der Waals surface area (Å²) < 4.78 is 6.75. The van der Waals surface area contributed by atoms with Gasteiger partial charge in [0.2, 0.25) is 0 Å². The second-order valence-corrected chi connectivity index (χ2v) is 7.42. The number of hydrogen-bond acceptors (Lipinski definition) is 6. The van der Waals surface area contributed by atoms with Gasteiger partial charge in [-0.05, 0) is 45.0 Å². The number of nitrogens with one attached hydrogen (secondary N) is 1. The average molecular weight is 396 g/mol. The molecule has 0 aliphatic carbocycles. The molecule has 0 unspecified atom stereocenters. The first-order valence-electron chi connectivity index (χ1n) is 8.75. The quantitative estimate of drug-likeness (QED) is 0.388. The fraction of sp³-hybridized carbons (Fsp3) is 0.200. The zero-order chi connectivity index (χ0) is 21.3. The monoisotopic (exact) mass is 396 g/mol. The minimum absolute atomic E-state index is 0.00471. The maximum Gasteiger partial charge on any atom is 0.418 e. The molecule has 0 saturated heterocycles. The molecule has 3 rings (SSSR count). The number of rotatable bonds is 3. The first-order chi connectivity index (χ1) is 13.5. The summed E-state index contributed by atoms with van der Waals surface area (Å²) in [6.45, 7) is 5.32. The predicted octanol–water partition coefficient (Wildman–Crippen LogP) is 4.17. The van der Waals surface area contributed by atoms with Gasteiger partial charge in [-0.1, -0.05) is 6.07 Å². The smallest absolute Gasteiger partial charge is 0.418 e. The lowest BCUT2D eigenvalue weighted by atomic mass is 10.1. The molecule has 0 aliphatic heterocycles. The number of nitrogens with zero attached hydrogens (tertiary/aromatic N) is 2. The van der Waals surface area contributed by atoms with Gasteiger partial charge in [0.05, 0.1) is 21.7 Å². The Hall–Kier alpha value is -3.88. The molecule has 150 valence electrons. The summed E-state index contributed by atoms with van der Waals surface area (Å²) in [7, 11) is 0. The minimum atomic E-state index is -0.646. The van der Waals surface area contributed by atoms with Crippen LogP contribution in [0.25, 0.3) is 10.9 Å². The van der Waals surface area contributed by atoms with Crippen molar-refractivity contribution in [1.82, 2.24) is 4.57 Å². The molecule has 0 saturated carbocycles. The second-order valence-electron chi connectivity index (χ2n) is 7.42. The van der Waals surface area contributed by atoms with Gasteiger partial charge in [-0.3, -0.25) is 19.5 Å². The number of non-ortho nitro benzene ring substituents is 1. The Morgan fingerprint density at radius 1 is 1.14 bits per heavy atom. The summed E-state index contributed by atoms with van der Waals surface area (Å²) in [5.74, 6) is -0.521. The number of nitro groups is 1. The third-order valence-corrected chi connectivity index (χ3v) is 4.03. The van der Waals surface area contributed by atoms with Crippen molar-refractivity contribution in [2.75, 3.05) is 11.1 Å². The summed E-state index contributed by atoms with van der Waals surface area (Å²) in [6.07, 6.45) is 1.06. The predicted molar refractivity (Wildman–Crippen MR) is 109 cm³/mol. The Bertz CT molecular complexity index is 1130. The highest BCUT2D eigenvalue weighted by Gasteiger charge is 2.20. The molecule has 0 fully saturated rings. The Morgan fingerprint density at radius 2 is 1.86 bits per heavy atom. The zero-order valence-corrected chi connectivity index (χ0v) is 16.1. The van der Waals surface area contributed by atoms with Crippen molar-refractivity contribution in [2.45, 2.75) is 26.4 Å². The molecule has 9 nitrogen and oxygen atoms in total. The van der Waals surface area contributed by atoms with E-state index in [1.54, 1.807) is 51.2 Å². The fourth-order valence-electron chi connectivity index (χ4n) is 2.75. The number of ether oxygens (including phenoxy) is 1. The number of nitrogen functional groups attached to an aromatic ring is 1. The summed E-state index contributed by atoms with van der Waals surface area (Å²) >= 11 is 0. The molecule has 3 aromatic rings. The highest BCUT2D eigenvalue weighted by Crippen LogP contribution is 2.24. The molecule has 0 radical (unpaired) electrons. The number of benzene rings is 2. The lowest BCUT2D eigenvalue weighted by molar-refractivity contribution is -0.384. The normalized spacial score (nSPS) is 11.3. The number of aromatic nitrogens is 1. The number of nitrogens with two attached hydrogens (primary N) is 1. The molecule has 3 N–H and O–H groups in total. The third kappa shape index (κ3) is 4.34. The van der Waals surface area contributed by atoms with E-state index in [9.17, 15) is 19.7 Å². The van der Waals surface area contributed by atoms with Gasteiger partial charge in [0.25, 0.3) is 11.6 Å². The number of carbonyl (C=O) groups is 2. The van der Waals surface area contributed by atoms with Gasteiger partial charge in [-0.15, -0.1) is 0 Å². The molecule has 29 heavy (non-hydrogen) atoms. The van der Waals surface area contributed by atoms with Crippen LogP contribution >= 0.6 is 0 Å². The molecule has 0 atom stereocenters. The molecule has 1 heterocycles. The van der Waals surface area contributed by atoms with Gasteiger partial charge in [-0.2, -0.15) is 0 Å². The number of carbonyl (C=O) groups excluding carboxylic acids is 2. The average Bonchev–Trinajstić information content (AvgIpc) is 3.03. The molecule has 2 aromatic carbocycles. The Labute approximate surface area is 166 Å². The van der Waals surface area contributed by atoms with Gasteiger partial charge in [-0.25, -0.2) is 4.79 Å². The first-order valence-corrected chi connectivity index (χ1v) is 8.75. The first kappa shape index (κ1) is 19.9. The van der Waals surface area contributed by atoms with Gasteiger partial charge in [0.15, 0.2) is 0 Å². The number of hydrogen-bond donors (Lipinski definition) is 2. The van der Waals surface area contributed by atoms with E-state index in [1.165, 1.54) is 16.7 Å². The zero-order valence-electron chi connectivity index (χ0n) is 16.1. The highest BCUT2D eigenvalue weighted by atomic mass is 16.6. The Kier molecular flexibility index (Phi) is 4.98. The van der Waals surface area contributed by atoms with Crippen LogP contribution in [-0.4, -0.2) is 27.1 Å². The maximum absolute atomic E-state index is 12.5. The summed E-state index contributed by atoms with van der Waals surface area (Å²) in [4.78, 5) is 35.2. The molecular formula is C20H20N4O5. The van der Waals surface area contributed by atoms with Gasteiger partial charge >= 0.3 is 6.09 Å². The minimum Gasteiger partial charge on any atom is -0.443 e. The second kappa shape index (κ2) is 7.27. The number of anilines is 2. The summed E-state index contributed by atoms with van der Waals surface area (Å²) in [5.41, 5.74) is 6.04. The van der Waals surface area contributed by atoms with E-state index in [4.69, 9.17) is 10.5 Å². The van der Waals surface area contributed by atoms with E-state index >= 15 is 0 Å². The topological polar surface area (TPSA) is 129 Å². The van der Waals surface area contributed by atoms with Crippen molar-refractivity contribution in [3.05, 3.63) is 64.3 Å². The lowest BCUT2D eigenvalue weighted by Gasteiger charge is -2.19. The van der Waals surface area contributed by atoms with Crippen LogP contribution in [0.4, 0.5) is 21.9 Å². The van der Waals surface area contributed by atoms with E-state index in [1.807, 2.05) is 0 Å². The molecule has 1 amide bonds. The van der Waals surface area contributed by atoms with Crippen LogP contribution in [-0.2, 0) is 4.74 Å². The summed E-state index contributed by atoms with van der Waals surface area (Å²) in [6, 6.07) is 10.5. The largest absolute Gasteiger partial charge is 0.443 e. The maximum atomic E-state index is 12.5. The van der Waals surface area contributed by atoms with Crippen LogP contribution in [0.15, 0.2) is 48.7 Å². The highest BCUT2D eigenvalue weighted by molar-refractivity contribution is 6.08. The molecule has 1 aromatic heterocycles. The van der Waals surface area contributed by atoms with E-state index < -0.39 is 22.5 Å². The number of amides is 1. The molecule has 9 heteroatoms. The van der Waals surface area contributed by atoms with Crippen LogP contribution in [0.5, 0.6) is 0 Å². The molecule has 0 aliphatic rings. The van der Waals surface area contributed by atoms with Crippen LogP contribution in [0, 0.1) is 10.1 Å². The van der Waals surface area contributed by atoms with E-state index in [0.29, 0.717) is 11.2 Å². The SMILES string of the molecule is CC(C)(C)OC(=O)n1ccc2ccc(NC(=O)c3ccc([N+](=O)[O-])cc3N)cc21. The number of fused-ring (bicyclic) bond motifs is 1. The standard InChI is InChI=1S/C20H20N4O5/c1-20(2,3)29-19(26)23-9-8-12-4-5-13(10-17(12)23)22-18(25)15-7-6-14(24(27)28)11-16(15)21/h4-11H,21H2,1-3H3,(H,22,25). The number of nitro benzene ring substituents is 1. The summed E-state index contributed by atoms with van der Waals surface area (Å²) in [5, 5.41) is 14.3. The van der Waals surface area contributed by atoms with Crippen molar-refractivity contribution in [1.29, 1.82) is 0 Å². The van der Waals surface area contributed by atoms with Crippen LogP contribution in [0.2, 0.25) is 0 Å². The van der Waals surface area contributed by atoms with Crippen molar-refractivity contribution < 1.29 is 19.2 Å². The van der Waals surface area contributed by atoms with Crippen LogP contribution in [0.1, 0.15) is 31.1 Å². The molecular weight excluding hydrogens is 376 g/mol. The van der Waals surface area contributed by atoms with Crippen LogP contribution in [0.3, 0.4) is 0 Å². The molecule has 0 bridgehead atoms. The lowest BCUT2D eigenvalue weighted by Crippen LogP contribution is -2.26. The van der Waals surface area contributed by atoms with Crippen molar-refractivity contribution in [2.24, 2.45) is 0 Å². The Balaban J connectivity index is 1.87. The van der Waals surface area contributed by atoms with E-state index in [-0.39, 0.29) is 16.9 Å². The van der Waals surface area contributed by atoms with Gasteiger partial charge in [0, 0.05) is 29.4 Å².